The Labute approximate surface area is 202 Å². The molecule has 0 aromatic carbocycles. The van der Waals surface area contributed by atoms with Crippen LogP contribution in [0, 0.1) is 28.6 Å². The molecule has 0 aromatic heterocycles. The molecule has 7 aliphatic rings. The van der Waals surface area contributed by atoms with Gasteiger partial charge in [0.05, 0.1) is 24.2 Å². The highest BCUT2D eigenvalue weighted by atomic mass is 16.8. The van der Waals surface area contributed by atoms with Gasteiger partial charge < -0.3 is 33.2 Å². The van der Waals surface area contributed by atoms with Crippen LogP contribution in [0.3, 0.4) is 0 Å². The summed E-state index contributed by atoms with van der Waals surface area (Å²) in [6.45, 7) is 12.0. The molecule has 34 heavy (non-hydrogen) atoms. The summed E-state index contributed by atoms with van der Waals surface area (Å²) in [5.74, 6) is 0.566. The molecule has 0 aromatic rings. The minimum Gasteiger partial charge on any atom is -0.462 e. The van der Waals surface area contributed by atoms with E-state index in [0.29, 0.717) is 25.7 Å². The Hall–Kier alpha value is -0.770. The van der Waals surface area contributed by atoms with E-state index >= 15 is 0 Å². The minimum atomic E-state index is -0.541. The smallest absolute Gasteiger partial charge is 0.302 e. The van der Waals surface area contributed by atoms with Crippen molar-refractivity contribution in [2.24, 2.45) is 28.6 Å². The molecule has 5 heterocycles. The molecule has 0 amide bonds. The molecular weight excluding hydrogens is 440 g/mol. The Morgan fingerprint density at radius 1 is 1.03 bits per heavy atom. The van der Waals surface area contributed by atoms with Crippen LogP contribution in [0.25, 0.3) is 0 Å². The van der Waals surface area contributed by atoms with Gasteiger partial charge in [-0.3, -0.25) is 4.79 Å². The molecule has 7 rings (SSSR count). The van der Waals surface area contributed by atoms with Gasteiger partial charge in [-0.15, -0.1) is 0 Å². The number of carbonyl (C=O) groups excluding carboxylic acids is 1. The van der Waals surface area contributed by atoms with Crippen molar-refractivity contribution < 1.29 is 38.0 Å². The standard InChI is InChI=1S/C26H40O8/c1-6-28-21-10-16-9-19(33-22(16)34-21)24(5)14(3)8-20(31-15(4)27)26-18(24)11-17(12-25(26)13-30-25)32-23(26)29-7-2/h14,16-23H,6-13H2,1-5H3/t14-,16+,17+,18-,19+,20+,21+,22-,23?,24+,25+,26+/m1/s1. The van der Waals surface area contributed by atoms with Crippen molar-refractivity contribution in [2.75, 3.05) is 19.8 Å². The predicted octanol–water partition coefficient (Wildman–Crippen LogP) is 3.41. The molecule has 0 N–H and O–H groups in total. The third-order valence-corrected chi connectivity index (χ3v) is 10.2. The lowest BCUT2D eigenvalue weighted by molar-refractivity contribution is -0.384. The van der Waals surface area contributed by atoms with Crippen LogP contribution in [0.5, 0.6) is 0 Å². The lowest BCUT2D eigenvalue weighted by Gasteiger charge is -2.69. The zero-order valence-electron chi connectivity index (χ0n) is 21.1. The van der Waals surface area contributed by atoms with E-state index in [1.807, 2.05) is 13.8 Å². The van der Waals surface area contributed by atoms with E-state index in [-0.39, 0.29) is 59.7 Å². The molecule has 2 saturated carbocycles. The fourth-order valence-corrected chi connectivity index (χ4v) is 8.61. The molecule has 8 heteroatoms. The van der Waals surface area contributed by atoms with Crippen LogP contribution in [-0.2, 0) is 38.0 Å². The summed E-state index contributed by atoms with van der Waals surface area (Å²) >= 11 is 0. The van der Waals surface area contributed by atoms with Crippen LogP contribution >= 0.6 is 0 Å². The molecule has 5 saturated heterocycles. The first-order valence-corrected chi connectivity index (χ1v) is 13.3. The summed E-state index contributed by atoms with van der Waals surface area (Å²) in [6.07, 6.45) is 3.32. The van der Waals surface area contributed by atoms with Crippen molar-refractivity contribution in [3.8, 4) is 0 Å². The molecule has 5 aliphatic heterocycles. The Kier molecular flexibility index (Phi) is 5.64. The zero-order valence-corrected chi connectivity index (χ0v) is 21.1. The van der Waals surface area contributed by atoms with Crippen molar-refractivity contribution >= 4 is 5.97 Å². The molecule has 8 nitrogen and oxygen atoms in total. The number of fused-ring (bicyclic) bond motifs is 2. The molecule has 2 bridgehead atoms. The zero-order chi connectivity index (χ0) is 23.9. The van der Waals surface area contributed by atoms with Crippen molar-refractivity contribution in [2.45, 2.75) is 110 Å². The highest BCUT2D eigenvalue weighted by Gasteiger charge is 2.82. The van der Waals surface area contributed by atoms with E-state index < -0.39 is 11.7 Å². The van der Waals surface area contributed by atoms with Gasteiger partial charge in [0.25, 0.3) is 0 Å². The summed E-state index contributed by atoms with van der Waals surface area (Å²) in [5.41, 5.74) is -1.05. The second-order valence-electron chi connectivity index (χ2n) is 11.6. The highest BCUT2D eigenvalue weighted by Crippen LogP contribution is 2.74. The molecular formula is C26H40O8. The van der Waals surface area contributed by atoms with Crippen LogP contribution in [0.2, 0.25) is 0 Å². The predicted molar refractivity (Wildman–Crippen MR) is 119 cm³/mol. The fourth-order valence-electron chi connectivity index (χ4n) is 8.61. The molecule has 12 atom stereocenters. The van der Waals surface area contributed by atoms with Crippen molar-refractivity contribution in [3.05, 3.63) is 0 Å². The van der Waals surface area contributed by atoms with Crippen molar-refractivity contribution in [1.82, 2.24) is 0 Å². The lowest BCUT2D eigenvalue weighted by atomic mass is 9.40. The van der Waals surface area contributed by atoms with E-state index in [0.717, 1.165) is 32.1 Å². The topological polar surface area (TPSA) is 85.0 Å². The number of epoxide rings is 1. The number of hydrogen-bond donors (Lipinski definition) is 0. The molecule has 1 unspecified atom stereocenters. The second kappa shape index (κ2) is 8.12. The first kappa shape index (κ1) is 23.6. The van der Waals surface area contributed by atoms with Gasteiger partial charge in [-0.2, -0.15) is 0 Å². The van der Waals surface area contributed by atoms with Crippen LogP contribution in [-0.4, -0.2) is 68.6 Å². The summed E-state index contributed by atoms with van der Waals surface area (Å²) in [6, 6.07) is 0. The lowest BCUT2D eigenvalue weighted by Crippen LogP contribution is -2.76. The van der Waals surface area contributed by atoms with Gasteiger partial charge in [0.2, 0.25) is 0 Å². The molecule has 0 radical (unpaired) electrons. The van der Waals surface area contributed by atoms with Crippen molar-refractivity contribution in [1.29, 1.82) is 0 Å². The van der Waals surface area contributed by atoms with Gasteiger partial charge in [-0.05, 0) is 44.9 Å². The highest BCUT2D eigenvalue weighted by molar-refractivity contribution is 5.66. The van der Waals surface area contributed by atoms with Gasteiger partial charge in [0.15, 0.2) is 18.9 Å². The van der Waals surface area contributed by atoms with E-state index in [1.165, 1.54) is 6.92 Å². The third kappa shape index (κ3) is 3.08. The maximum atomic E-state index is 12.3. The molecule has 192 valence electrons. The SMILES string of the molecule is CCOC1O[C@H]2C[C@@H]3[C@@](C)([C@@H]4C[C@H]5C[C@@H](OCC)O[C@H]5O4)[C@H](C)C[C@H](OC(C)=O)[C@]13[C@@]1(CO1)C2. The third-order valence-electron chi connectivity index (χ3n) is 10.2. The Balaban J connectivity index is 1.38. The van der Waals surface area contributed by atoms with Crippen LogP contribution in [0.1, 0.15) is 66.7 Å². The van der Waals surface area contributed by atoms with E-state index in [2.05, 4.69) is 13.8 Å². The first-order valence-electron chi connectivity index (χ1n) is 13.3. The largest absolute Gasteiger partial charge is 0.462 e. The minimum absolute atomic E-state index is 0.0534. The summed E-state index contributed by atoms with van der Waals surface area (Å²) < 4.78 is 43.7. The maximum absolute atomic E-state index is 12.3. The monoisotopic (exact) mass is 480 g/mol. The number of hydrogen-bond acceptors (Lipinski definition) is 8. The molecule has 2 aliphatic carbocycles. The van der Waals surface area contributed by atoms with Gasteiger partial charge in [-0.1, -0.05) is 13.8 Å². The van der Waals surface area contributed by atoms with Gasteiger partial charge in [0.1, 0.15) is 11.7 Å². The maximum Gasteiger partial charge on any atom is 0.302 e. The average molecular weight is 481 g/mol. The summed E-state index contributed by atoms with van der Waals surface area (Å²) in [4.78, 5) is 12.3. The van der Waals surface area contributed by atoms with Gasteiger partial charge in [-0.25, -0.2) is 0 Å². The van der Waals surface area contributed by atoms with E-state index in [4.69, 9.17) is 33.2 Å². The number of ether oxygens (including phenoxy) is 7. The Morgan fingerprint density at radius 3 is 2.44 bits per heavy atom. The van der Waals surface area contributed by atoms with Crippen LogP contribution in [0.4, 0.5) is 0 Å². The van der Waals surface area contributed by atoms with Crippen LogP contribution in [0.15, 0.2) is 0 Å². The molecule has 2 spiro atoms. The molecule has 7 fully saturated rings. The summed E-state index contributed by atoms with van der Waals surface area (Å²) in [7, 11) is 0. The second-order valence-corrected chi connectivity index (χ2v) is 11.6. The Morgan fingerprint density at radius 2 is 1.79 bits per heavy atom. The number of carbonyl (C=O) groups is 1. The normalized spacial score (nSPS) is 55.3. The number of rotatable bonds is 6. The van der Waals surface area contributed by atoms with Gasteiger partial charge in [0, 0.05) is 44.3 Å². The number of esters is 1. The van der Waals surface area contributed by atoms with E-state index in [1.54, 1.807) is 0 Å². The summed E-state index contributed by atoms with van der Waals surface area (Å²) in [5, 5.41) is 0. The van der Waals surface area contributed by atoms with Crippen LogP contribution < -0.4 is 0 Å². The quantitative estimate of drug-likeness (QED) is 0.422. The van der Waals surface area contributed by atoms with Gasteiger partial charge >= 0.3 is 5.97 Å². The first-order chi connectivity index (χ1) is 16.3. The average Bonchev–Trinajstić information content (AvgIpc) is 3.25. The van der Waals surface area contributed by atoms with E-state index in [9.17, 15) is 4.79 Å². The van der Waals surface area contributed by atoms with Crippen molar-refractivity contribution in [3.63, 3.8) is 0 Å². The Bertz CT molecular complexity index is 801. The fraction of sp³-hybridized carbons (Fsp3) is 0.962.